The molecule has 4 nitrogen and oxygen atoms in total. The molecule has 0 radical (unpaired) electrons. The molecule has 5 heteroatoms. The Kier molecular flexibility index (Phi) is 3.86. The Bertz CT molecular complexity index is 330. The van der Waals surface area contributed by atoms with E-state index in [0.29, 0.717) is 11.3 Å². The topological polar surface area (TPSA) is 56.7 Å². The van der Waals surface area contributed by atoms with Gasteiger partial charge in [-0.15, -0.1) is 0 Å². The second-order valence-corrected chi connectivity index (χ2v) is 5.98. The molecule has 2 heterocycles. The Morgan fingerprint density at radius 3 is 3.06 bits per heavy atom. The molecule has 0 aliphatic carbocycles. The molecule has 2 N–H and O–H groups in total. The Morgan fingerprint density at radius 1 is 1.62 bits per heavy atom. The molecule has 90 valence electrons. The third-order valence-corrected chi connectivity index (χ3v) is 4.53. The summed E-state index contributed by atoms with van der Waals surface area (Å²) in [6.45, 7) is 4.24. The summed E-state index contributed by atoms with van der Waals surface area (Å²) < 4.78 is 1.97. The molecule has 2 rings (SSSR count). The molecule has 16 heavy (non-hydrogen) atoms. The van der Waals surface area contributed by atoms with Crippen LogP contribution in [-0.4, -0.2) is 31.8 Å². The smallest absolute Gasteiger partial charge is 0.138 e. The predicted molar refractivity (Wildman–Crippen MR) is 67.6 cm³/mol. The highest BCUT2D eigenvalue weighted by molar-refractivity contribution is 8.00. The zero-order valence-corrected chi connectivity index (χ0v) is 10.8. The van der Waals surface area contributed by atoms with E-state index in [1.165, 1.54) is 18.6 Å². The van der Waals surface area contributed by atoms with Crippen molar-refractivity contribution in [3.05, 3.63) is 12.2 Å². The van der Waals surface area contributed by atoms with Crippen molar-refractivity contribution in [3.8, 4) is 0 Å². The molecule has 1 aliphatic heterocycles. The molecule has 2 unspecified atom stereocenters. The number of rotatable bonds is 4. The number of nitrogens with zero attached hydrogens (tertiary/aromatic N) is 3. The molecule has 2 atom stereocenters. The van der Waals surface area contributed by atoms with Gasteiger partial charge in [-0.3, -0.25) is 0 Å². The first kappa shape index (κ1) is 11.9. The Labute approximate surface area is 101 Å². The van der Waals surface area contributed by atoms with Crippen molar-refractivity contribution in [2.75, 3.05) is 5.75 Å². The highest BCUT2D eigenvalue weighted by Gasteiger charge is 2.24. The van der Waals surface area contributed by atoms with Crippen LogP contribution in [0.4, 0.5) is 0 Å². The fraction of sp³-hybridized carbons (Fsp3) is 0.818. The van der Waals surface area contributed by atoms with Crippen LogP contribution in [-0.2, 0) is 6.42 Å². The molecule has 0 amide bonds. The van der Waals surface area contributed by atoms with Crippen molar-refractivity contribution < 1.29 is 0 Å². The first-order chi connectivity index (χ1) is 7.68. The Morgan fingerprint density at radius 2 is 2.44 bits per heavy atom. The van der Waals surface area contributed by atoms with Gasteiger partial charge >= 0.3 is 0 Å². The first-order valence-electron chi connectivity index (χ1n) is 5.94. The average molecular weight is 240 g/mol. The molecule has 0 spiro atoms. The van der Waals surface area contributed by atoms with Crippen molar-refractivity contribution in [1.29, 1.82) is 0 Å². The van der Waals surface area contributed by atoms with Crippen molar-refractivity contribution in [3.63, 3.8) is 0 Å². The van der Waals surface area contributed by atoms with E-state index in [2.05, 4.69) is 23.9 Å². The van der Waals surface area contributed by atoms with Crippen LogP contribution < -0.4 is 5.73 Å². The summed E-state index contributed by atoms with van der Waals surface area (Å²) in [5, 5.41) is 4.85. The van der Waals surface area contributed by atoms with Gasteiger partial charge < -0.3 is 5.73 Å². The zero-order chi connectivity index (χ0) is 11.5. The lowest BCUT2D eigenvalue weighted by Gasteiger charge is -2.18. The number of hydrogen-bond acceptors (Lipinski definition) is 4. The Balaban J connectivity index is 1.99. The summed E-state index contributed by atoms with van der Waals surface area (Å²) in [6.07, 6.45) is 5.03. The number of aromatic nitrogens is 3. The summed E-state index contributed by atoms with van der Waals surface area (Å²) in [7, 11) is 0. The second-order valence-electron chi connectivity index (χ2n) is 4.63. The van der Waals surface area contributed by atoms with Gasteiger partial charge in [0, 0.05) is 23.8 Å². The van der Waals surface area contributed by atoms with E-state index in [1.54, 1.807) is 6.33 Å². The monoisotopic (exact) mass is 240 g/mol. The summed E-state index contributed by atoms with van der Waals surface area (Å²) in [4.78, 5) is 4.31. The van der Waals surface area contributed by atoms with Crippen LogP contribution in [0, 0.1) is 0 Å². The average Bonchev–Trinajstić information content (AvgIpc) is 2.86. The van der Waals surface area contributed by atoms with Gasteiger partial charge in [0.05, 0.1) is 0 Å². The summed E-state index contributed by atoms with van der Waals surface area (Å²) in [6, 6.07) is 0.579. The minimum Gasteiger partial charge on any atom is -0.326 e. The summed E-state index contributed by atoms with van der Waals surface area (Å²) in [5.41, 5.74) is 6.24. The molecule has 0 aromatic carbocycles. The number of thioether (sulfide) groups is 1. The van der Waals surface area contributed by atoms with E-state index in [1.807, 2.05) is 16.4 Å². The van der Waals surface area contributed by atoms with Gasteiger partial charge in [-0.25, -0.2) is 9.67 Å². The predicted octanol–water partition coefficient (Wildman–Crippen LogP) is 1.62. The van der Waals surface area contributed by atoms with E-state index in [-0.39, 0.29) is 6.04 Å². The molecular weight excluding hydrogens is 220 g/mol. The molecule has 1 fully saturated rings. The number of hydrogen-bond donors (Lipinski definition) is 1. The molecule has 1 aliphatic rings. The maximum absolute atomic E-state index is 6.24. The van der Waals surface area contributed by atoms with Gasteiger partial charge in [0.1, 0.15) is 12.2 Å². The van der Waals surface area contributed by atoms with Crippen LogP contribution in [0.3, 0.4) is 0 Å². The molecular formula is C11H20N4S. The third-order valence-electron chi connectivity index (χ3n) is 3.00. The molecule has 1 aromatic rings. The van der Waals surface area contributed by atoms with Crippen LogP contribution in [0.1, 0.15) is 38.6 Å². The maximum atomic E-state index is 6.24. The summed E-state index contributed by atoms with van der Waals surface area (Å²) in [5.74, 6) is 2.28. The van der Waals surface area contributed by atoms with Crippen molar-refractivity contribution >= 4 is 11.8 Å². The molecule has 0 bridgehead atoms. The number of nitrogens with two attached hydrogens (primary N) is 1. The lowest BCUT2D eigenvalue weighted by atomic mass is 10.1. The first-order valence-corrected chi connectivity index (χ1v) is 6.99. The summed E-state index contributed by atoms with van der Waals surface area (Å²) >= 11 is 2.00. The van der Waals surface area contributed by atoms with Crippen molar-refractivity contribution in [1.82, 2.24) is 14.8 Å². The Hall–Kier alpha value is -0.550. The molecule has 0 saturated carbocycles. The SMILES string of the molecule is CC(C)n1ncnc1CC(N)C1CCCS1. The van der Waals surface area contributed by atoms with Crippen molar-refractivity contribution in [2.45, 2.75) is 50.4 Å². The quantitative estimate of drug-likeness (QED) is 0.869. The van der Waals surface area contributed by atoms with Gasteiger partial charge in [-0.2, -0.15) is 16.9 Å². The van der Waals surface area contributed by atoms with E-state index >= 15 is 0 Å². The van der Waals surface area contributed by atoms with Gasteiger partial charge in [-0.05, 0) is 32.4 Å². The highest BCUT2D eigenvalue weighted by Crippen LogP contribution is 2.29. The highest BCUT2D eigenvalue weighted by atomic mass is 32.2. The fourth-order valence-electron chi connectivity index (χ4n) is 2.13. The van der Waals surface area contributed by atoms with Crippen LogP contribution >= 0.6 is 11.8 Å². The van der Waals surface area contributed by atoms with Crippen LogP contribution in [0.5, 0.6) is 0 Å². The van der Waals surface area contributed by atoms with E-state index < -0.39 is 0 Å². The zero-order valence-electron chi connectivity index (χ0n) is 9.97. The maximum Gasteiger partial charge on any atom is 0.138 e. The van der Waals surface area contributed by atoms with E-state index in [9.17, 15) is 0 Å². The van der Waals surface area contributed by atoms with Gasteiger partial charge in [0.15, 0.2) is 0 Å². The lowest BCUT2D eigenvalue weighted by Crippen LogP contribution is -2.34. The largest absolute Gasteiger partial charge is 0.326 e. The van der Waals surface area contributed by atoms with Crippen LogP contribution in [0.25, 0.3) is 0 Å². The van der Waals surface area contributed by atoms with Crippen molar-refractivity contribution in [2.24, 2.45) is 5.73 Å². The third kappa shape index (κ3) is 2.58. The minimum absolute atomic E-state index is 0.217. The normalized spacial score (nSPS) is 22.9. The van der Waals surface area contributed by atoms with Crippen LogP contribution in [0.2, 0.25) is 0 Å². The van der Waals surface area contributed by atoms with Gasteiger partial charge in [0.25, 0.3) is 0 Å². The fourth-order valence-corrected chi connectivity index (χ4v) is 3.45. The van der Waals surface area contributed by atoms with E-state index in [0.717, 1.165) is 12.2 Å². The molecule has 1 aromatic heterocycles. The lowest BCUT2D eigenvalue weighted by molar-refractivity contribution is 0.485. The van der Waals surface area contributed by atoms with Crippen LogP contribution in [0.15, 0.2) is 6.33 Å². The minimum atomic E-state index is 0.217. The second kappa shape index (κ2) is 5.19. The standard InChI is InChI=1S/C11H20N4S/c1-8(2)15-11(13-7-14-15)6-9(12)10-4-3-5-16-10/h7-10H,3-6,12H2,1-2H3. The van der Waals surface area contributed by atoms with Gasteiger partial charge in [0.2, 0.25) is 0 Å². The van der Waals surface area contributed by atoms with E-state index in [4.69, 9.17) is 5.73 Å². The van der Waals surface area contributed by atoms with Gasteiger partial charge in [-0.1, -0.05) is 0 Å². The molecule has 1 saturated heterocycles.